The van der Waals surface area contributed by atoms with Gasteiger partial charge in [0, 0.05) is 0 Å². The van der Waals surface area contributed by atoms with Gasteiger partial charge in [-0.15, -0.1) is 5.10 Å². The molecule has 0 amide bonds. The zero-order valence-corrected chi connectivity index (χ0v) is 5.95. The molecule has 0 aromatic carbocycles. The molecule has 0 N–H and O–H groups in total. The Kier molecular flexibility index (Phi) is 1.15. The van der Waals surface area contributed by atoms with E-state index in [9.17, 15) is 4.39 Å². The molecule has 0 aliphatic carbocycles. The summed E-state index contributed by atoms with van der Waals surface area (Å²) in [6.45, 7) is 1.83. The van der Waals surface area contributed by atoms with Crippen molar-refractivity contribution < 1.29 is 4.39 Å². The molecular formula is C7H6FN3. The highest BCUT2D eigenvalue weighted by Gasteiger charge is 1.99. The zero-order valence-electron chi connectivity index (χ0n) is 5.95. The fourth-order valence-electron chi connectivity index (χ4n) is 0.966. The lowest BCUT2D eigenvalue weighted by Crippen LogP contribution is -1.95. The molecule has 0 unspecified atom stereocenters. The molecule has 11 heavy (non-hydrogen) atoms. The first-order valence-corrected chi connectivity index (χ1v) is 3.24. The molecule has 0 aliphatic rings. The van der Waals surface area contributed by atoms with Crippen molar-refractivity contribution in [3.63, 3.8) is 0 Å². The lowest BCUT2D eigenvalue weighted by atomic mass is 10.5. The standard InChI is InChI=1S/C7H6FN3/c1-5-4-9-7-3-2-6(8)10-11(5)7/h2-4H,1H3. The molecule has 0 fully saturated rings. The van der Waals surface area contributed by atoms with Crippen LogP contribution in [0.2, 0.25) is 0 Å². The van der Waals surface area contributed by atoms with Crippen LogP contribution in [0.4, 0.5) is 4.39 Å². The van der Waals surface area contributed by atoms with E-state index in [4.69, 9.17) is 0 Å². The highest BCUT2D eigenvalue weighted by Crippen LogP contribution is 2.02. The Bertz CT molecular complexity index is 393. The summed E-state index contributed by atoms with van der Waals surface area (Å²) in [6, 6.07) is 2.89. The van der Waals surface area contributed by atoms with Crippen molar-refractivity contribution in [3.05, 3.63) is 30.0 Å². The lowest BCUT2D eigenvalue weighted by molar-refractivity contribution is 0.553. The number of fused-ring (bicyclic) bond motifs is 1. The summed E-state index contributed by atoms with van der Waals surface area (Å²) in [5.41, 5.74) is 1.50. The fraction of sp³-hybridized carbons (Fsp3) is 0.143. The van der Waals surface area contributed by atoms with Gasteiger partial charge in [0.25, 0.3) is 0 Å². The molecule has 0 spiro atoms. The summed E-state index contributed by atoms with van der Waals surface area (Å²) in [5, 5.41) is 3.62. The fourth-order valence-corrected chi connectivity index (χ4v) is 0.966. The summed E-state index contributed by atoms with van der Waals surface area (Å²) in [6.07, 6.45) is 1.65. The first-order valence-electron chi connectivity index (χ1n) is 3.24. The number of hydrogen-bond acceptors (Lipinski definition) is 2. The Balaban J connectivity index is 2.87. The summed E-state index contributed by atoms with van der Waals surface area (Å²) in [5.74, 6) is -0.487. The minimum absolute atomic E-state index is 0.487. The van der Waals surface area contributed by atoms with Crippen LogP contribution in [0.15, 0.2) is 18.3 Å². The van der Waals surface area contributed by atoms with E-state index in [0.717, 1.165) is 5.69 Å². The highest BCUT2D eigenvalue weighted by atomic mass is 19.1. The van der Waals surface area contributed by atoms with Crippen LogP contribution in [0.1, 0.15) is 5.69 Å². The third kappa shape index (κ3) is 0.869. The van der Waals surface area contributed by atoms with Crippen LogP contribution < -0.4 is 0 Å². The Morgan fingerprint density at radius 2 is 2.27 bits per heavy atom. The third-order valence-electron chi connectivity index (χ3n) is 1.50. The minimum Gasteiger partial charge on any atom is -0.235 e. The second-order valence-electron chi connectivity index (χ2n) is 2.33. The van der Waals surface area contributed by atoms with Crippen LogP contribution in [0.5, 0.6) is 0 Å². The Hall–Kier alpha value is -1.45. The maximum atomic E-state index is 12.5. The molecular weight excluding hydrogens is 145 g/mol. The monoisotopic (exact) mass is 151 g/mol. The van der Waals surface area contributed by atoms with Crippen molar-refractivity contribution in [2.75, 3.05) is 0 Å². The number of rotatable bonds is 0. The second kappa shape index (κ2) is 2.02. The van der Waals surface area contributed by atoms with Gasteiger partial charge < -0.3 is 0 Å². The minimum atomic E-state index is -0.487. The summed E-state index contributed by atoms with van der Waals surface area (Å²) >= 11 is 0. The molecule has 2 aromatic heterocycles. The van der Waals surface area contributed by atoms with Gasteiger partial charge in [0.15, 0.2) is 5.65 Å². The maximum absolute atomic E-state index is 12.5. The zero-order chi connectivity index (χ0) is 7.84. The number of nitrogens with zero attached hydrogens (tertiary/aromatic N) is 3. The molecule has 2 heterocycles. The number of aromatic nitrogens is 3. The maximum Gasteiger partial charge on any atom is 0.231 e. The van der Waals surface area contributed by atoms with Crippen LogP contribution in [-0.4, -0.2) is 14.6 Å². The van der Waals surface area contributed by atoms with E-state index in [2.05, 4.69) is 10.1 Å². The number of aryl methyl sites for hydroxylation is 1. The smallest absolute Gasteiger partial charge is 0.231 e. The van der Waals surface area contributed by atoms with E-state index in [1.165, 1.54) is 10.6 Å². The van der Waals surface area contributed by atoms with Crippen LogP contribution in [0.3, 0.4) is 0 Å². The van der Waals surface area contributed by atoms with Gasteiger partial charge in [0.2, 0.25) is 5.95 Å². The van der Waals surface area contributed by atoms with Gasteiger partial charge in [-0.1, -0.05) is 0 Å². The number of hydrogen-bond donors (Lipinski definition) is 0. The largest absolute Gasteiger partial charge is 0.235 e. The average molecular weight is 151 g/mol. The molecule has 0 saturated carbocycles. The molecule has 4 heteroatoms. The van der Waals surface area contributed by atoms with Crippen LogP contribution in [0.25, 0.3) is 5.65 Å². The Labute approximate surface area is 62.5 Å². The molecule has 0 saturated heterocycles. The van der Waals surface area contributed by atoms with E-state index < -0.39 is 5.95 Å². The van der Waals surface area contributed by atoms with E-state index >= 15 is 0 Å². The van der Waals surface area contributed by atoms with Gasteiger partial charge in [-0.05, 0) is 19.1 Å². The Morgan fingerprint density at radius 1 is 1.45 bits per heavy atom. The number of imidazole rings is 1. The first kappa shape index (κ1) is 6.27. The van der Waals surface area contributed by atoms with E-state index in [1.54, 1.807) is 12.3 Å². The highest BCUT2D eigenvalue weighted by molar-refractivity contribution is 5.37. The van der Waals surface area contributed by atoms with Crippen molar-refractivity contribution in [2.45, 2.75) is 6.92 Å². The van der Waals surface area contributed by atoms with Gasteiger partial charge >= 0.3 is 0 Å². The molecule has 0 bridgehead atoms. The van der Waals surface area contributed by atoms with Gasteiger partial charge in [-0.2, -0.15) is 4.39 Å². The topological polar surface area (TPSA) is 30.2 Å². The van der Waals surface area contributed by atoms with Crippen LogP contribution in [-0.2, 0) is 0 Å². The molecule has 0 aliphatic heterocycles. The third-order valence-corrected chi connectivity index (χ3v) is 1.50. The van der Waals surface area contributed by atoms with Crippen molar-refractivity contribution in [1.82, 2.24) is 14.6 Å². The summed E-state index contributed by atoms with van der Waals surface area (Å²) in [4.78, 5) is 3.99. The molecule has 2 aromatic rings. The molecule has 0 radical (unpaired) electrons. The van der Waals surface area contributed by atoms with Gasteiger partial charge in [0.05, 0.1) is 11.9 Å². The van der Waals surface area contributed by atoms with Gasteiger partial charge in [-0.3, -0.25) is 0 Å². The van der Waals surface area contributed by atoms with Gasteiger partial charge in [0.1, 0.15) is 0 Å². The molecule has 0 atom stereocenters. The summed E-state index contributed by atoms with van der Waals surface area (Å²) < 4.78 is 14.0. The quantitative estimate of drug-likeness (QED) is 0.565. The second-order valence-corrected chi connectivity index (χ2v) is 2.33. The van der Waals surface area contributed by atoms with Crippen molar-refractivity contribution in [1.29, 1.82) is 0 Å². The van der Waals surface area contributed by atoms with Crippen LogP contribution in [0, 0.1) is 12.9 Å². The average Bonchev–Trinajstić information content (AvgIpc) is 2.33. The van der Waals surface area contributed by atoms with Crippen molar-refractivity contribution >= 4 is 5.65 Å². The van der Waals surface area contributed by atoms with E-state index in [0.29, 0.717) is 5.65 Å². The molecule has 2 rings (SSSR count). The lowest BCUT2D eigenvalue weighted by Gasteiger charge is -1.92. The van der Waals surface area contributed by atoms with Crippen molar-refractivity contribution in [3.8, 4) is 0 Å². The molecule has 3 nitrogen and oxygen atoms in total. The molecule has 56 valence electrons. The predicted octanol–water partition coefficient (Wildman–Crippen LogP) is 1.18. The van der Waals surface area contributed by atoms with E-state index in [1.807, 2.05) is 6.92 Å². The van der Waals surface area contributed by atoms with Crippen molar-refractivity contribution in [2.24, 2.45) is 0 Å². The van der Waals surface area contributed by atoms with Crippen LogP contribution >= 0.6 is 0 Å². The first-order chi connectivity index (χ1) is 5.27. The summed E-state index contributed by atoms with van der Waals surface area (Å²) in [7, 11) is 0. The van der Waals surface area contributed by atoms with E-state index in [-0.39, 0.29) is 0 Å². The SMILES string of the molecule is Cc1cnc2ccc(F)nn12. The Morgan fingerprint density at radius 3 is 3.09 bits per heavy atom. The predicted molar refractivity (Wildman–Crippen MR) is 37.7 cm³/mol. The van der Waals surface area contributed by atoms with Gasteiger partial charge in [-0.25, -0.2) is 9.50 Å². The number of halogens is 1. The normalized spacial score (nSPS) is 10.7.